The Morgan fingerprint density at radius 2 is 2.25 bits per heavy atom. The quantitative estimate of drug-likeness (QED) is 0.692. The summed E-state index contributed by atoms with van der Waals surface area (Å²) in [7, 11) is 1.79. The molecule has 0 unspecified atom stereocenters. The van der Waals surface area contributed by atoms with Crippen LogP contribution in [0.4, 0.5) is 14.9 Å². The van der Waals surface area contributed by atoms with Crippen molar-refractivity contribution in [3.8, 4) is 6.07 Å². The van der Waals surface area contributed by atoms with E-state index >= 15 is 0 Å². The highest BCUT2D eigenvalue weighted by molar-refractivity contribution is 5.74. The van der Waals surface area contributed by atoms with Crippen molar-refractivity contribution in [2.45, 2.75) is 13.0 Å². The Morgan fingerprint density at radius 3 is 2.92 bits per heavy atom. The lowest BCUT2D eigenvalue weighted by Crippen LogP contribution is -2.39. The number of aryl methyl sites for hydroxylation is 1. The number of nitrogens with zero attached hydrogens (tertiary/aromatic N) is 4. The minimum Gasteiger partial charge on any atom is -0.382 e. The Balaban J connectivity index is 1.77. The molecule has 0 aliphatic heterocycles. The van der Waals surface area contributed by atoms with E-state index in [1.165, 1.54) is 12.1 Å². The Morgan fingerprint density at radius 1 is 1.46 bits per heavy atom. The number of urea groups is 1. The SMILES string of the molecule is C[C@@H](NC(=O)NCCNc1cccc(F)c1C#N)c1nncn1C. The van der Waals surface area contributed by atoms with Crippen molar-refractivity contribution < 1.29 is 9.18 Å². The van der Waals surface area contributed by atoms with Crippen molar-refractivity contribution in [1.82, 2.24) is 25.4 Å². The molecule has 24 heavy (non-hydrogen) atoms. The number of nitriles is 1. The molecule has 0 aliphatic carbocycles. The van der Waals surface area contributed by atoms with Gasteiger partial charge in [0, 0.05) is 20.1 Å². The molecule has 1 heterocycles. The highest BCUT2D eigenvalue weighted by Gasteiger charge is 2.13. The van der Waals surface area contributed by atoms with Crippen molar-refractivity contribution in [3.05, 3.63) is 41.7 Å². The first kappa shape index (κ1) is 17.2. The number of hydrogen-bond acceptors (Lipinski definition) is 5. The van der Waals surface area contributed by atoms with Crippen LogP contribution in [-0.4, -0.2) is 33.9 Å². The van der Waals surface area contributed by atoms with Gasteiger partial charge in [0.05, 0.1) is 11.7 Å². The summed E-state index contributed by atoms with van der Waals surface area (Å²) in [5, 5.41) is 24.9. The molecular weight excluding hydrogens is 313 g/mol. The maximum Gasteiger partial charge on any atom is 0.315 e. The van der Waals surface area contributed by atoms with E-state index in [1.54, 1.807) is 30.9 Å². The van der Waals surface area contributed by atoms with Crippen molar-refractivity contribution >= 4 is 11.7 Å². The van der Waals surface area contributed by atoms with Gasteiger partial charge in [0.25, 0.3) is 0 Å². The molecule has 2 amide bonds. The molecule has 1 aromatic carbocycles. The second kappa shape index (κ2) is 7.92. The van der Waals surface area contributed by atoms with Crippen LogP contribution in [0, 0.1) is 17.1 Å². The number of carbonyl (C=O) groups is 1. The van der Waals surface area contributed by atoms with Gasteiger partial charge >= 0.3 is 6.03 Å². The van der Waals surface area contributed by atoms with E-state index < -0.39 is 5.82 Å². The number of anilines is 1. The highest BCUT2D eigenvalue weighted by atomic mass is 19.1. The predicted molar refractivity (Wildman–Crippen MR) is 85.6 cm³/mol. The third kappa shape index (κ3) is 4.19. The fraction of sp³-hybridized carbons (Fsp3) is 0.333. The second-order valence-electron chi connectivity index (χ2n) is 5.12. The molecule has 0 radical (unpaired) electrons. The number of amides is 2. The number of carbonyl (C=O) groups excluding carboxylic acids is 1. The van der Waals surface area contributed by atoms with Crippen molar-refractivity contribution in [3.63, 3.8) is 0 Å². The highest BCUT2D eigenvalue weighted by Crippen LogP contribution is 2.17. The first-order chi connectivity index (χ1) is 11.5. The van der Waals surface area contributed by atoms with Crippen LogP contribution >= 0.6 is 0 Å². The summed E-state index contributed by atoms with van der Waals surface area (Å²) < 4.78 is 15.2. The van der Waals surface area contributed by atoms with Gasteiger partial charge in [0.15, 0.2) is 5.82 Å². The smallest absolute Gasteiger partial charge is 0.315 e. The number of benzene rings is 1. The van der Waals surface area contributed by atoms with Crippen LogP contribution < -0.4 is 16.0 Å². The van der Waals surface area contributed by atoms with E-state index in [0.29, 0.717) is 24.6 Å². The lowest BCUT2D eigenvalue weighted by Gasteiger charge is -2.14. The summed E-state index contributed by atoms with van der Waals surface area (Å²) in [5.41, 5.74) is 0.352. The number of halogens is 1. The first-order valence-electron chi connectivity index (χ1n) is 7.33. The van der Waals surface area contributed by atoms with Crippen molar-refractivity contribution in [2.24, 2.45) is 7.05 Å². The zero-order valence-electron chi connectivity index (χ0n) is 13.4. The third-order valence-electron chi connectivity index (χ3n) is 3.33. The van der Waals surface area contributed by atoms with Gasteiger partial charge in [-0.15, -0.1) is 10.2 Å². The molecule has 0 fully saturated rings. The van der Waals surface area contributed by atoms with Gasteiger partial charge in [-0.1, -0.05) is 6.07 Å². The zero-order chi connectivity index (χ0) is 17.5. The van der Waals surface area contributed by atoms with Crippen molar-refractivity contribution in [1.29, 1.82) is 5.26 Å². The van der Waals surface area contributed by atoms with Crippen molar-refractivity contribution in [2.75, 3.05) is 18.4 Å². The minimum atomic E-state index is -0.578. The van der Waals surface area contributed by atoms with Gasteiger partial charge in [-0.3, -0.25) is 0 Å². The molecule has 126 valence electrons. The average Bonchev–Trinajstić information content (AvgIpc) is 2.98. The van der Waals surface area contributed by atoms with Crippen LogP contribution in [0.15, 0.2) is 24.5 Å². The van der Waals surface area contributed by atoms with Gasteiger partial charge in [-0.25, -0.2) is 9.18 Å². The summed E-state index contributed by atoms with van der Waals surface area (Å²) in [6.07, 6.45) is 1.56. The summed E-state index contributed by atoms with van der Waals surface area (Å²) >= 11 is 0. The van der Waals surface area contributed by atoms with E-state index in [0.717, 1.165) is 0 Å². The van der Waals surface area contributed by atoms with Crippen LogP contribution in [0.2, 0.25) is 0 Å². The first-order valence-corrected chi connectivity index (χ1v) is 7.33. The molecule has 1 atom stereocenters. The average molecular weight is 331 g/mol. The molecule has 9 heteroatoms. The lowest BCUT2D eigenvalue weighted by molar-refractivity contribution is 0.237. The fourth-order valence-electron chi connectivity index (χ4n) is 2.15. The van der Waals surface area contributed by atoms with E-state index in [2.05, 4.69) is 26.1 Å². The molecule has 1 aromatic heterocycles. The predicted octanol–water partition coefficient (Wildman–Crippen LogP) is 1.30. The normalized spacial score (nSPS) is 11.4. The maximum atomic E-state index is 13.4. The monoisotopic (exact) mass is 331 g/mol. The molecule has 0 spiro atoms. The molecule has 8 nitrogen and oxygen atoms in total. The summed E-state index contributed by atoms with van der Waals surface area (Å²) in [6.45, 7) is 2.45. The number of aromatic nitrogens is 3. The summed E-state index contributed by atoms with van der Waals surface area (Å²) in [5.74, 6) is 0.0624. The number of rotatable bonds is 6. The fourth-order valence-corrected chi connectivity index (χ4v) is 2.15. The zero-order valence-corrected chi connectivity index (χ0v) is 13.4. The molecular formula is C15H18FN7O. The van der Waals surface area contributed by atoms with Crippen LogP contribution in [0.5, 0.6) is 0 Å². The van der Waals surface area contributed by atoms with E-state index in [1.807, 2.05) is 6.07 Å². The third-order valence-corrected chi connectivity index (χ3v) is 3.33. The number of nitrogens with one attached hydrogen (secondary N) is 3. The second-order valence-corrected chi connectivity index (χ2v) is 5.12. The summed E-state index contributed by atoms with van der Waals surface area (Å²) in [4.78, 5) is 11.8. The largest absolute Gasteiger partial charge is 0.382 e. The van der Waals surface area contributed by atoms with Crippen LogP contribution in [0.1, 0.15) is 24.4 Å². The Hall–Kier alpha value is -3.15. The molecule has 0 saturated heterocycles. The van der Waals surface area contributed by atoms with E-state index in [-0.39, 0.29) is 17.6 Å². The Kier molecular flexibility index (Phi) is 5.68. The lowest BCUT2D eigenvalue weighted by atomic mass is 10.2. The molecule has 2 aromatic rings. The molecule has 2 rings (SSSR count). The van der Waals surface area contributed by atoms with Gasteiger partial charge < -0.3 is 20.5 Å². The van der Waals surface area contributed by atoms with Crippen LogP contribution in [-0.2, 0) is 7.05 Å². The van der Waals surface area contributed by atoms with E-state index in [9.17, 15) is 9.18 Å². The Bertz CT molecular complexity index is 753. The van der Waals surface area contributed by atoms with Gasteiger partial charge in [0.1, 0.15) is 23.8 Å². The Labute approximate surface area is 138 Å². The standard InChI is InChI=1S/C15H18FN7O/c1-10(14-22-20-9-23(14)2)21-15(24)19-7-6-18-13-5-3-4-12(16)11(13)8-17/h3-5,9-10,18H,6-7H2,1-2H3,(H2,19,21,24)/t10-/m1/s1. The molecule has 0 aliphatic rings. The summed E-state index contributed by atoms with van der Waals surface area (Å²) in [6, 6.07) is 5.51. The molecule has 0 bridgehead atoms. The molecule has 0 saturated carbocycles. The molecule has 3 N–H and O–H groups in total. The topological polar surface area (TPSA) is 108 Å². The van der Waals surface area contributed by atoms with Crippen LogP contribution in [0.25, 0.3) is 0 Å². The maximum absolute atomic E-state index is 13.4. The van der Waals surface area contributed by atoms with Gasteiger partial charge in [-0.05, 0) is 19.1 Å². The number of hydrogen-bond donors (Lipinski definition) is 3. The minimum absolute atomic E-state index is 0.0437. The van der Waals surface area contributed by atoms with Crippen LogP contribution in [0.3, 0.4) is 0 Å². The van der Waals surface area contributed by atoms with E-state index in [4.69, 9.17) is 5.26 Å². The van der Waals surface area contributed by atoms with Gasteiger partial charge in [-0.2, -0.15) is 5.26 Å². The van der Waals surface area contributed by atoms with Gasteiger partial charge in [0.2, 0.25) is 0 Å².